The van der Waals surface area contributed by atoms with E-state index in [1.54, 1.807) is 44.7 Å². The molecule has 4 aromatic rings. The van der Waals surface area contributed by atoms with Gasteiger partial charge in [-0.15, -0.1) is 0 Å². The second kappa shape index (κ2) is 12.0. The number of methoxy groups -OCH3 is 2. The van der Waals surface area contributed by atoms with E-state index in [1.165, 1.54) is 15.6 Å². The first-order valence-corrected chi connectivity index (χ1v) is 13.6. The number of hydrogen-bond donors (Lipinski definition) is 1. The van der Waals surface area contributed by atoms with Crippen LogP contribution in [0.1, 0.15) is 31.1 Å². The second-order valence-corrected chi connectivity index (χ2v) is 10.0. The van der Waals surface area contributed by atoms with Crippen molar-refractivity contribution < 1.29 is 14.6 Å². The first-order valence-electron chi connectivity index (χ1n) is 13.2. The molecule has 0 saturated carbocycles. The van der Waals surface area contributed by atoms with Crippen LogP contribution < -0.4 is 25.0 Å². The Labute approximate surface area is 238 Å². The summed E-state index contributed by atoms with van der Waals surface area (Å²) in [6, 6.07) is 16.2. The molecule has 2 aromatic heterocycles. The lowest BCUT2D eigenvalue weighted by atomic mass is 10.0. The van der Waals surface area contributed by atoms with Crippen LogP contribution in [0.3, 0.4) is 0 Å². The van der Waals surface area contributed by atoms with Crippen molar-refractivity contribution in [1.82, 2.24) is 19.3 Å². The number of piperazine rings is 1. The third-order valence-electron chi connectivity index (χ3n) is 7.35. The van der Waals surface area contributed by atoms with Crippen LogP contribution in [0.5, 0.6) is 11.5 Å². The monoisotopic (exact) mass is 564 g/mol. The summed E-state index contributed by atoms with van der Waals surface area (Å²) >= 11 is 5.98. The number of rotatable bonds is 9. The predicted molar refractivity (Wildman–Crippen MR) is 155 cm³/mol. The summed E-state index contributed by atoms with van der Waals surface area (Å²) in [6.45, 7) is 5.19. The molecule has 2 atom stereocenters. The van der Waals surface area contributed by atoms with E-state index in [1.807, 2.05) is 37.3 Å². The molecule has 1 saturated heterocycles. The van der Waals surface area contributed by atoms with Crippen molar-refractivity contribution in [2.45, 2.75) is 25.5 Å². The number of pyridine rings is 1. The quantitative estimate of drug-likeness (QED) is 0.324. The van der Waals surface area contributed by atoms with E-state index in [-0.39, 0.29) is 5.69 Å². The van der Waals surface area contributed by atoms with E-state index in [0.717, 1.165) is 37.7 Å². The van der Waals surface area contributed by atoms with Gasteiger partial charge >= 0.3 is 5.69 Å². The van der Waals surface area contributed by atoms with Gasteiger partial charge in [0.25, 0.3) is 0 Å². The number of nitrogens with zero attached hydrogens (tertiary/aromatic N) is 6. The minimum atomic E-state index is -0.901. The number of hydrogen-bond acceptors (Lipinski definition) is 8. The fraction of sp³-hybridized carbons (Fsp3) is 0.345. The molecule has 5 rings (SSSR count). The Morgan fingerprint density at radius 1 is 0.925 bits per heavy atom. The Hall–Kier alpha value is -4.02. The van der Waals surface area contributed by atoms with Gasteiger partial charge in [-0.25, -0.2) is 19.0 Å². The lowest BCUT2D eigenvalue weighted by Gasteiger charge is -2.37. The summed E-state index contributed by atoms with van der Waals surface area (Å²) < 4.78 is 13.6. The largest absolute Gasteiger partial charge is 0.493 e. The Morgan fingerprint density at radius 3 is 2.23 bits per heavy atom. The maximum absolute atomic E-state index is 13.3. The maximum atomic E-state index is 13.3. The maximum Gasteiger partial charge on any atom is 0.350 e. The molecule has 11 heteroatoms. The average molecular weight is 565 g/mol. The van der Waals surface area contributed by atoms with Crippen LogP contribution in [0, 0.1) is 0 Å². The van der Waals surface area contributed by atoms with Crippen LogP contribution in [0.15, 0.2) is 71.9 Å². The molecule has 210 valence electrons. The summed E-state index contributed by atoms with van der Waals surface area (Å²) in [6.07, 6.45) is 2.77. The van der Waals surface area contributed by atoms with Gasteiger partial charge in [-0.3, -0.25) is 0 Å². The van der Waals surface area contributed by atoms with Crippen molar-refractivity contribution in [3.05, 3.63) is 88.2 Å². The Balaban J connectivity index is 1.26. The number of halogens is 1. The fourth-order valence-electron chi connectivity index (χ4n) is 5.06. The van der Waals surface area contributed by atoms with Crippen molar-refractivity contribution in [2.75, 3.05) is 50.2 Å². The van der Waals surface area contributed by atoms with Gasteiger partial charge in [-0.2, -0.15) is 5.10 Å². The zero-order chi connectivity index (χ0) is 28.2. The average Bonchev–Trinajstić information content (AvgIpc) is 3.38. The van der Waals surface area contributed by atoms with E-state index in [4.69, 9.17) is 21.1 Å². The summed E-state index contributed by atoms with van der Waals surface area (Å²) in [4.78, 5) is 22.5. The topological polar surface area (TPSA) is 97.9 Å². The predicted octanol–water partition coefficient (Wildman–Crippen LogP) is 4.11. The number of anilines is 2. The van der Waals surface area contributed by atoms with E-state index in [9.17, 15) is 9.90 Å². The van der Waals surface area contributed by atoms with Crippen LogP contribution in [-0.2, 0) is 0 Å². The van der Waals surface area contributed by atoms with Gasteiger partial charge in [0.1, 0.15) is 18.2 Å². The van der Waals surface area contributed by atoms with Crippen molar-refractivity contribution in [1.29, 1.82) is 0 Å². The van der Waals surface area contributed by atoms with Gasteiger partial charge in [0.2, 0.25) is 0 Å². The smallest absolute Gasteiger partial charge is 0.350 e. The molecular formula is C29H33ClN6O4. The molecule has 0 radical (unpaired) electrons. The minimum Gasteiger partial charge on any atom is -0.493 e. The highest BCUT2D eigenvalue weighted by Crippen LogP contribution is 2.32. The number of aromatic nitrogens is 4. The number of aliphatic hydroxyl groups excluding tert-OH is 1. The van der Waals surface area contributed by atoms with Gasteiger partial charge in [0.05, 0.1) is 32.1 Å². The van der Waals surface area contributed by atoms with Crippen LogP contribution in [0.25, 0.3) is 5.69 Å². The first kappa shape index (κ1) is 27.5. The number of ether oxygens (including phenoxy) is 2. The molecule has 40 heavy (non-hydrogen) atoms. The summed E-state index contributed by atoms with van der Waals surface area (Å²) in [5, 5.41) is 15.9. The summed E-state index contributed by atoms with van der Waals surface area (Å²) in [5.74, 6) is 2.27. The molecule has 0 spiro atoms. The summed E-state index contributed by atoms with van der Waals surface area (Å²) in [7, 11) is 3.27. The Morgan fingerprint density at radius 2 is 1.60 bits per heavy atom. The Kier molecular flexibility index (Phi) is 8.27. The van der Waals surface area contributed by atoms with Crippen molar-refractivity contribution >= 4 is 23.1 Å². The molecule has 0 unspecified atom stereocenters. The van der Waals surface area contributed by atoms with Gasteiger partial charge in [-0.1, -0.05) is 30.7 Å². The van der Waals surface area contributed by atoms with Crippen molar-refractivity contribution in [3.8, 4) is 17.2 Å². The second-order valence-electron chi connectivity index (χ2n) is 9.59. The number of benzene rings is 2. The van der Waals surface area contributed by atoms with E-state index < -0.39 is 12.1 Å². The zero-order valence-electron chi connectivity index (χ0n) is 22.8. The van der Waals surface area contributed by atoms with Crippen LogP contribution in [0.2, 0.25) is 5.02 Å². The third kappa shape index (κ3) is 5.50. The van der Waals surface area contributed by atoms with Crippen molar-refractivity contribution in [3.63, 3.8) is 0 Å². The molecule has 2 aromatic carbocycles. The molecule has 1 aliphatic rings. The van der Waals surface area contributed by atoms with Crippen molar-refractivity contribution in [2.24, 2.45) is 0 Å². The van der Waals surface area contributed by atoms with Gasteiger partial charge in [-0.05, 0) is 48.4 Å². The third-order valence-corrected chi connectivity index (χ3v) is 7.60. The van der Waals surface area contributed by atoms with Crippen LogP contribution >= 0.6 is 11.6 Å². The molecule has 3 heterocycles. The molecular weight excluding hydrogens is 532 g/mol. The van der Waals surface area contributed by atoms with E-state index in [2.05, 4.69) is 19.9 Å². The standard InChI is InChI=1S/C29H33ClN6O4/c1-4-24(28(37)20-5-7-21(30)8-6-20)36-29(38)35(19-32-36)23-10-12-27(31-18-23)34-15-13-33(14-16-34)22-9-11-25(39-2)26(17-22)40-3/h5-12,17-19,24,28,37H,4,13-16H2,1-3H3/t24-,28-/m1/s1. The lowest BCUT2D eigenvalue weighted by Crippen LogP contribution is -2.46. The summed E-state index contributed by atoms with van der Waals surface area (Å²) in [5.41, 5.74) is 2.04. The molecule has 0 aliphatic carbocycles. The fourth-order valence-corrected chi connectivity index (χ4v) is 5.18. The molecule has 1 N–H and O–H groups in total. The van der Waals surface area contributed by atoms with Gasteiger partial charge in [0.15, 0.2) is 11.5 Å². The van der Waals surface area contributed by atoms with Gasteiger partial charge in [0, 0.05) is 43.0 Å². The van der Waals surface area contributed by atoms with Crippen LogP contribution in [0.4, 0.5) is 11.5 Å². The van der Waals surface area contributed by atoms with Crippen LogP contribution in [-0.4, -0.2) is 64.8 Å². The molecule has 0 bridgehead atoms. The highest BCUT2D eigenvalue weighted by atomic mass is 35.5. The number of aliphatic hydroxyl groups is 1. The first-order chi connectivity index (χ1) is 19.4. The minimum absolute atomic E-state index is 0.335. The van der Waals surface area contributed by atoms with Gasteiger partial charge < -0.3 is 24.4 Å². The highest BCUT2D eigenvalue weighted by molar-refractivity contribution is 6.30. The lowest BCUT2D eigenvalue weighted by molar-refractivity contribution is 0.101. The molecule has 1 fully saturated rings. The zero-order valence-corrected chi connectivity index (χ0v) is 23.5. The normalized spacial score (nSPS) is 15.1. The Bertz CT molecular complexity index is 1480. The van der Waals surface area contributed by atoms with E-state index >= 15 is 0 Å². The molecule has 0 amide bonds. The molecule has 10 nitrogen and oxygen atoms in total. The molecule has 1 aliphatic heterocycles. The SMILES string of the molecule is CC[C@H]([C@H](O)c1ccc(Cl)cc1)n1ncn(-c2ccc(N3CCN(c4ccc(OC)c(OC)c4)CC3)nc2)c1=O. The highest BCUT2D eigenvalue weighted by Gasteiger charge is 2.25. The van der Waals surface area contributed by atoms with E-state index in [0.29, 0.717) is 34.2 Å².